The molecule has 0 unspecified atom stereocenters. The fourth-order valence-corrected chi connectivity index (χ4v) is 4.01. The summed E-state index contributed by atoms with van der Waals surface area (Å²) >= 11 is 0. The summed E-state index contributed by atoms with van der Waals surface area (Å²) in [6, 6.07) is 7.25. The summed E-state index contributed by atoms with van der Waals surface area (Å²) in [5.74, 6) is -0.541. The van der Waals surface area contributed by atoms with E-state index < -0.39 is 11.7 Å². The van der Waals surface area contributed by atoms with Crippen molar-refractivity contribution in [3.05, 3.63) is 53.7 Å². The van der Waals surface area contributed by atoms with Gasteiger partial charge in [-0.1, -0.05) is 0 Å². The van der Waals surface area contributed by atoms with Crippen LogP contribution in [0.25, 0.3) is 5.65 Å². The van der Waals surface area contributed by atoms with Crippen LogP contribution >= 0.6 is 0 Å². The number of ether oxygens (including phenoxy) is 1. The summed E-state index contributed by atoms with van der Waals surface area (Å²) in [5, 5.41) is 6.13. The minimum Gasteiger partial charge on any atom is -0.496 e. The van der Waals surface area contributed by atoms with E-state index in [1.165, 1.54) is 13.2 Å². The van der Waals surface area contributed by atoms with Crippen LogP contribution in [0.5, 0.6) is 5.75 Å². The highest BCUT2D eigenvalue weighted by atomic mass is 19.1. The number of rotatable bonds is 4. The number of nitrogens with one attached hydrogen (secondary N) is 2. The summed E-state index contributed by atoms with van der Waals surface area (Å²) < 4.78 is 21.9. The Morgan fingerprint density at radius 2 is 1.97 bits per heavy atom. The molecule has 3 aromatic rings. The summed E-state index contributed by atoms with van der Waals surface area (Å²) in [4.78, 5) is 19.4. The van der Waals surface area contributed by atoms with Crippen LogP contribution < -0.4 is 20.3 Å². The van der Waals surface area contributed by atoms with E-state index >= 15 is 0 Å². The molecular formula is C22H26FN5O2. The van der Waals surface area contributed by atoms with Crippen LogP contribution in [0.2, 0.25) is 0 Å². The van der Waals surface area contributed by atoms with E-state index in [4.69, 9.17) is 4.74 Å². The third-order valence-electron chi connectivity index (χ3n) is 5.26. The largest absolute Gasteiger partial charge is 0.496 e. The van der Waals surface area contributed by atoms with Crippen molar-refractivity contribution in [2.75, 3.05) is 30.4 Å². The van der Waals surface area contributed by atoms with Gasteiger partial charge in [0.25, 0.3) is 5.91 Å². The number of fused-ring (bicyclic) bond motifs is 1. The monoisotopic (exact) mass is 411 g/mol. The maximum Gasteiger partial charge on any atom is 0.261 e. The van der Waals surface area contributed by atoms with E-state index in [1.54, 1.807) is 22.7 Å². The third-order valence-corrected chi connectivity index (χ3v) is 5.26. The Balaban J connectivity index is 1.57. The highest BCUT2D eigenvalue weighted by Crippen LogP contribution is 2.26. The minimum absolute atomic E-state index is 0.129. The standard InChI is InChI=1S/C22H26FN5O2/c1-13-9-27(10-14(2)24-13)16-5-6-19(18(23)7-16)26-22(29)17-12-28-11-15(3)25-21(28)8-20(17)30-4/h5-8,11-14,24H,9-10H2,1-4H3,(H,26,29)/t13-,14+. The number of nitrogens with zero attached hydrogens (tertiary/aromatic N) is 3. The van der Waals surface area contributed by atoms with Crippen molar-refractivity contribution >= 4 is 22.9 Å². The maximum atomic E-state index is 14.8. The number of anilines is 2. The first-order chi connectivity index (χ1) is 14.3. The number of halogens is 1. The molecule has 0 bridgehead atoms. The third kappa shape index (κ3) is 3.95. The van der Waals surface area contributed by atoms with Crippen molar-refractivity contribution in [1.29, 1.82) is 0 Å². The van der Waals surface area contributed by atoms with Gasteiger partial charge >= 0.3 is 0 Å². The number of aromatic nitrogens is 2. The van der Waals surface area contributed by atoms with Gasteiger partial charge in [-0.25, -0.2) is 9.37 Å². The van der Waals surface area contributed by atoms with Gasteiger partial charge in [0.05, 0.1) is 24.1 Å². The van der Waals surface area contributed by atoms with Crippen LogP contribution in [-0.4, -0.2) is 47.6 Å². The molecule has 0 aliphatic carbocycles. The van der Waals surface area contributed by atoms with Crippen molar-refractivity contribution < 1.29 is 13.9 Å². The molecule has 1 aliphatic heterocycles. The number of carbonyl (C=O) groups is 1. The Bertz CT molecular complexity index is 1090. The molecule has 1 amide bonds. The Labute approximate surface area is 174 Å². The number of piperazine rings is 1. The van der Waals surface area contributed by atoms with E-state index in [0.29, 0.717) is 29.0 Å². The lowest BCUT2D eigenvalue weighted by Crippen LogP contribution is -2.54. The first-order valence-electron chi connectivity index (χ1n) is 9.99. The maximum absolute atomic E-state index is 14.8. The van der Waals surface area contributed by atoms with Crippen molar-refractivity contribution in [2.45, 2.75) is 32.9 Å². The molecule has 4 rings (SSSR count). The van der Waals surface area contributed by atoms with E-state index in [9.17, 15) is 9.18 Å². The van der Waals surface area contributed by atoms with Crippen molar-refractivity contribution in [3.63, 3.8) is 0 Å². The first-order valence-corrected chi connectivity index (χ1v) is 9.99. The predicted octanol–water partition coefficient (Wildman–Crippen LogP) is 3.23. The normalized spacial score (nSPS) is 19.2. The van der Waals surface area contributed by atoms with Crippen molar-refractivity contribution in [2.24, 2.45) is 0 Å². The van der Waals surface area contributed by atoms with Gasteiger partial charge in [-0.2, -0.15) is 0 Å². The Morgan fingerprint density at radius 3 is 2.63 bits per heavy atom. The average molecular weight is 411 g/mol. The number of benzene rings is 1. The zero-order valence-corrected chi connectivity index (χ0v) is 17.6. The molecule has 158 valence electrons. The second-order valence-electron chi connectivity index (χ2n) is 7.90. The lowest BCUT2D eigenvalue weighted by Gasteiger charge is -2.37. The second kappa shape index (κ2) is 7.95. The van der Waals surface area contributed by atoms with E-state index in [2.05, 4.69) is 34.4 Å². The minimum atomic E-state index is -0.474. The molecule has 0 saturated carbocycles. The number of amides is 1. The lowest BCUT2D eigenvalue weighted by molar-refractivity contribution is 0.102. The molecular weight excluding hydrogens is 385 g/mol. The molecule has 3 heterocycles. The van der Waals surface area contributed by atoms with Crippen LogP contribution in [0.15, 0.2) is 36.7 Å². The quantitative estimate of drug-likeness (QED) is 0.690. The van der Waals surface area contributed by atoms with Gasteiger partial charge in [0.2, 0.25) is 0 Å². The molecule has 2 N–H and O–H groups in total. The molecule has 8 heteroatoms. The molecule has 1 aliphatic rings. The van der Waals surface area contributed by atoms with Gasteiger partial charge in [0.15, 0.2) is 0 Å². The fraction of sp³-hybridized carbons (Fsp3) is 0.364. The number of pyridine rings is 1. The fourth-order valence-electron chi connectivity index (χ4n) is 4.01. The van der Waals surface area contributed by atoms with Crippen LogP contribution in [0, 0.1) is 12.7 Å². The smallest absolute Gasteiger partial charge is 0.261 e. The summed E-state index contributed by atoms with van der Waals surface area (Å²) in [6.07, 6.45) is 3.45. The second-order valence-corrected chi connectivity index (χ2v) is 7.90. The molecule has 0 radical (unpaired) electrons. The van der Waals surface area contributed by atoms with Gasteiger partial charge < -0.3 is 24.7 Å². The summed E-state index contributed by atoms with van der Waals surface area (Å²) in [7, 11) is 1.49. The van der Waals surface area contributed by atoms with Gasteiger partial charge in [0.1, 0.15) is 17.2 Å². The molecule has 0 spiro atoms. The van der Waals surface area contributed by atoms with Gasteiger partial charge in [-0.15, -0.1) is 0 Å². The zero-order valence-electron chi connectivity index (χ0n) is 17.6. The SMILES string of the molecule is COc1cc2nc(C)cn2cc1C(=O)Nc1ccc(N2C[C@@H](C)N[C@@H](C)C2)cc1F. The summed E-state index contributed by atoms with van der Waals surface area (Å²) in [6.45, 7) is 7.70. The average Bonchev–Trinajstić information content (AvgIpc) is 3.06. The number of carbonyl (C=O) groups excluding carboxylic acids is 1. The highest BCUT2D eigenvalue weighted by Gasteiger charge is 2.22. The number of hydrogen-bond donors (Lipinski definition) is 2. The van der Waals surface area contributed by atoms with Crippen molar-refractivity contribution in [1.82, 2.24) is 14.7 Å². The highest BCUT2D eigenvalue weighted by molar-refractivity contribution is 6.06. The number of hydrogen-bond acceptors (Lipinski definition) is 5. The van der Waals surface area contributed by atoms with Crippen LogP contribution in [0.1, 0.15) is 29.9 Å². The number of aryl methyl sites for hydroxylation is 1. The Kier molecular flexibility index (Phi) is 5.34. The van der Waals surface area contributed by atoms with Gasteiger partial charge in [-0.3, -0.25) is 4.79 Å². The van der Waals surface area contributed by atoms with Crippen LogP contribution in [0.4, 0.5) is 15.8 Å². The van der Waals surface area contributed by atoms with Crippen LogP contribution in [0.3, 0.4) is 0 Å². The predicted molar refractivity (Wildman–Crippen MR) is 115 cm³/mol. The Morgan fingerprint density at radius 1 is 1.23 bits per heavy atom. The molecule has 1 saturated heterocycles. The van der Waals surface area contributed by atoms with Crippen LogP contribution in [-0.2, 0) is 0 Å². The van der Waals surface area contributed by atoms with E-state index in [1.807, 2.05) is 19.2 Å². The molecule has 1 aromatic carbocycles. The van der Waals surface area contributed by atoms with E-state index in [0.717, 1.165) is 24.5 Å². The first kappa shape index (κ1) is 20.2. The topological polar surface area (TPSA) is 70.9 Å². The van der Waals surface area contributed by atoms with Crippen molar-refractivity contribution in [3.8, 4) is 5.75 Å². The molecule has 2 aromatic heterocycles. The van der Waals surface area contributed by atoms with Gasteiger partial charge in [0, 0.05) is 49.3 Å². The van der Waals surface area contributed by atoms with Gasteiger partial charge in [-0.05, 0) is 39.0 Å². The van der Waals surface area contributed by atoms with E-state index in [-0.39, 0.29) is 5.69 Å². The number of methoxy groups -OCH3 is 1. The lowest BCUT2D eigenvalue weighted by atomic mass is 10.1. The summed E-state index contributed by atoms with van der Waals surface area (Å²) in [5.41, 5.74) is 2.74. The molecule has 1 fully saturated rings. The molecule has 30 heavy (non-hydrogen) atoms. The molecule has 7 nitrogen and oxygen atoms in total. The zero-order chi connectivity index (χ0) is 21.4. The number of imidazole rings is 1. The Hall–Kier alpha value is -3.13. The molecule has 2 atom stereocenters.